The Balaban J connectivity index is 1.66. The van der Waals surface area contributed by atoms with Gasteiger partial charge < -0.3 is 19.9 Å². The monoisotopic (exact) mass is 377 g/mol. The molecule has 0 radical (unpaired) electrons. The Morgan fingerprint density at radius 2 is 2.04 bits per heavy atom. The third-order valence-electron chi connectivity index (χ3n) is 4.41. The molecule has 2 aromatic rings. The zero-order chi connectivity index (χ0) is 18.8. The van der Waals surface area contributed by atoms with Gasteiger partial charge in [0, 0.05) is 17.6 Å². The lowest BCUT2D eigenvalue weighted by Gasteiger charge is -2.20. The van der Waals surface area contributed by atoms with E-state index in [4.69, 9.17) is 26.6 Å². The molecular formula is C18H20ClN3O4. The molecule has 1 aromatic heterocycles. The molecular weight excluding hydrogens is 358 g/mol. The molecule has 1 saturated heterocycles. The van der Waals surface area contributed by atoms with Gasteiger partial charge in [-0.1, -0.05) is 16.8 Å². The number of ether oxygens (including phenoxy) is 1. The number of rotatable bonds is 5. The average Bonchev–Trinajstić information content (AvgIpc) is 3.26. The van der Waals surface area contributed by atoms with E-state index in [1.54, 1.807) is 0 Å². The lowest BCUT2D eigenvalue weighted by Crippen LogP contribution is -2.43. The number of carbonyl (C=O) groups excluding carboxylic acids is 2. The molecule has 2 heterocycles. The Labute approximate surface area is 156 Å². The number of primary amides is 1. The van der Waals surface area contributed by atoms with Crippen molar-refractivity contribution in [3.63, 3.8) is 0 Å². The zero-order valence-corrected chi connectivity index (χ0v) is 15.4. The van der Waals surface area contributed by atoms with Crippen LogP contribution < -0.4 is 10.5 Å². The van der Waals surface area contributed by atoms with Crippen molar-refractivity contribution in [2.45, 2.75) is 39.3 Å². The molecule has 8 heteroatoms. The van der Waals surface area contributed by atoms with Gasteiger partial charge >= 0.3 is 0 Å². The van der Waals surface area contributed by atoms with Crippen LogP contribution in [0.4, 0.5) is 0 Å². The number of likely N-dealkylation sites (tertiary alicyclic amines) is 1. The molecule has 26 heavy (non-hydrogen) atoms. The second-order valence-corrected chi connectivity index (χ2v) is 6.78. The lowest BCUT2D eigenvalue weighted by atomic mass is 10.1. The molecule has 0 saturated carbocycles. The van der Waals surface area contributed by atoms with Gasteiger partial charge in [-0.05, 0) is 49.9 Å². The van der Waals surface area contributed by atoms with E-state index in [0.717, 1.165) is 17.5 Å². The maximum absolute atomic E-state index is 12.5. The summed E-state index contributed by atoms with van der Waals surface area (Å²) in [5, 5.41) is 4.50. The van der Waals surface area contributed by atoms with Crippen molar-refractivity contribution in [1.82, 2.24) is 10.1 Å². The number of carbonyl (C=O) groups is 2. The van der Waals surface area contributed by atoms with Crippen LogP contribution in [-0.2, 0) is 11.4 Å². The van der Waals surface area contributed by atoms with Crippen LogP contribution in [0.5, 0.6) is 5.75 Å². The van der Waals surface area contributed by atoms with E-state index in [-0.39, 0.29) is 18.2 Å². The summed E-state index contributed by atoms with van der Waals surface area (Å²) in [6.45, 7) is 4.41. The summed E-state index contributed by atoms with van der Waals surface area (Å²) in [6.07, 6.45) is 1.31. The normalized spacial score (nSPS) is 16.7. The van der Waals surface area contributed by atoms with E-state index in [1.807, 2.05) is 26.0 Å². The summed E-state index contributed by atoms with van der Waals surface area (Å²) in [5.41, 5.74) is 7.33. The number of nitrogens with two attached hydrogens (primary N) is 1. The van der Waals surface area contributed by atoms with E-state index in [9.17, 15) is 9.59 Å². The number of nitrogens with zero attached hydrogens (tertiary/aromatic N) is 2. The van der Waals surface area contributed by atoms with Crippen molar-refractivity contribution in [1.29, 1.82) is 0 Å². The summed E-state index contributed by atoms with van der Waals surface area (Å²) in [5.74, 6) is 0.200. The van der Waals surface area contributed by atoms with Crippen LogP contribution in [0.1, 0.15) is 40.2 Å². The van der Waals surface area contributed by atoms with Crippen molar-refractivity contribution >= 4 is 23.4 Å². The summed E-state index contributed by atoms with van der Waals surface area (Å²) >= 11 is 6.14. The molecule has 0 unspecified atom stereocenters. The van der Waals surface area contributed by atoms with Crippen LogP contribution in [0.15, 0.2) is 22.7 Å². The van der Waals surface area contributed by atoms with Crippen LogP contribution in [-0.4, -0.2) is 34.5 Å². The summed E-state index contributed by atoms with van der Waals surface area (Å²) in [7, 11) is 0. The first kappa shape index (κ1) is 18.3. The first-order valence-corrected chi connectivity index (χ1v) is 8.70. The largest absolute Gasteiger partial charge is 0.486 e. The minimum Gasteiger partial charge on any atom is -0.486 e. The van der Waals surface area contributed by atoms with Gasteiger partial charge in [-0.2, -0.15) is 0 Å². The van der Waals surface area contributed by atoms with E-state index in [2.05, 4.69) is 5.16 Å². The number of halogens is 1. The van der Waals surface area contributed by atoms with Crippen LogP contribution in [0.3, 0.4) is 0 Å². The fraction of sp³-hybridized carbons (Fsp3) is 0.389. The van der Waals surface area contributed by atoms with Crippen LogP contribution >= 0.6 is 11.6 Å². The van der Waals surface area contributed by atoms with E-state index >= 15 is 0 Å². The molecule has 3 rings (SSSR count). The molecule has 0 spiro atoms. The Bertz CT molecular complexity index is 826. The number of aromatic nitrogens is 1. The van der Waals surface area contributed by atoms with Crippen molar-refractivity contribution in [3.8, 4) is 5.75 Å². The predicted octanol–water partition coefficient (Wildman–Crippen LogP) is 2.61. The van der Waals surface area contributed by atoms with Crippen molar-refractivity contribution in [3.05, 3.63) is 45.8 Å². The third kappa shape index (κ3) is 3.67. The summed E-state index contributed by atoms with van der Waals surface area (Å²) in [6, 6.07) is 4.60. The highest BCUT2D eigenvalue weighted by atomic mass is 35.5. The minimum absolute atomic E-state index is 0.125. The van der Waals surface area contributed by atoms with Gasteiger partial charge in [0.25, 0.3) is 5.91 Å². The maximum atomic E-state index is 12.5. The van der Waals surface area contributed by atoms with E-state index in [0.29, 0.717) is 29.5 Å². The highest BCUT2D eigenvalue weighted by Gasteiger charge is 2.34. The molecule has 1 aromatic carbocycles. The lowest BCUT2D eigenvalue weighted by molar-refractivity contribution is -0.121. The predicted molar refractivity (Wildman–Crippen MR) is 95.0 cm³/mol. The quantitative estimate of drug-likeness (QED) is 0.863. The van der Waals surface area contributed by atoms with Crippen molar-refractivity contribution < 1.29 is 18.8 Å². The summed E-state index contributed by atoms with van der Waals surface area (Å²) in [4.78, 5) is 25.4. The molecule has 1 aliphatic rings. The fourth-order valence-corrected chi connectivity index (χ4v) is 3.19. The molecule has 0 aliphatic carbocycles. The number of hydrogen-bond donors (Lipinski definition) is 1. The smallest absolute Gasteiger partial charge is 0.276 e. The molecule has 2 N–H and O–H groups in total. The standard InChI is InChI=1S/C18H20ClN3O4/c1-10-6-12(7-11(2)16(10)19)25-9-13-8-14(21-26-13)18(24)22-5-3-4-15(22)17(20)23/h6-8,15H,3-5,9H2,1-2H3,(H2,20,23)/t15-/m0/s1. The van der Waals surface area contributed by atoms with E-state index < -0.39 is 11.9 Å². The van der Waals surface area contributed by atoms with Gasteiger partial charge in [0.15, 0.2) is 11.5 Å². The first-order valence-electron chi connectivity index (χ1n) is 8.32. The van der Waals surface area contributed by atoms with Gasteiger partial charge in [-0.25, -0.2) is 0 Å². The molecule has 138 valence electrons. The maximum Gasteiger partial charge on any atom is 0.276 e. The van der Waals surface area contributed by atoms with Gasteiger partial charge in [0.1, 0.15) is 18.4 Å². The molecule has 1 aliphatic heterocycles. The van der Waals surface area contributed by atoms with Gasteiger partial charge in [0.2, 0.25) is 5.91 Å². The number of aryl methyl sites for hydroxylation is 2. The molecule has 7 nitrogen and oxygen atoms in total. The number of amides is 2. The topological polar surface area (TPSA) is 98.7 Å². The Morgan fingerprint density at radius 1 is 1.35 bits per heavy atom. The fourth-order valence-electron chi connectivity index (χ4n) is 3.08. The van der Waals surface area contributed by atoms with Gasteiger partial charge in [-0.3, -0.25) is 9.59 Å². The van der Waals surface area contributed by atoms with Gasteiger partial charge in [0.05, 0.1) is 0 Å². The first-order chi connectivity index (χ1) is 12.4. The van der Waals surface area contributed by atoms with Crippen molar-refractivity contribution in [2.75, 3.05) is 6.54 Å². The zero-order valence-electron chi connectivity index (χ0n) is 14.6. The number of hydrogen-bond acceptors (Lipinski definition) is 5. The average molecular weight is 378 g/mol. The second kappa shape index (κ2) is 7.37. The van der Waals surface area contributed by atoms with Gasteiger partial charge in [-0.15, -0.1) is 0 Å². The van der Waals surface area contributed by atoms with Crippen LogP contribution in [0.25, 0.3) is 0 Å². The second-order valence-electron chi connectivity index (χ2n) is 6.40. The highest BCUT2D eigenvalue weighted by molar-refractivity contribution is 6.32. The van der Waals surface area contributed by atoms with E-state index in [1.165, 1.54) is 11.0 Å². The molecule has 1 atom stereocenters. The minimum atomic E-state index is -0.584. The number of benzene rings is 1. The molecule has 1 fully saturated rings. The van der Waals surface area contributed by atoms with Crippen LogP contribution in [0.2, 0.25) is 5.02 Å². The third-order valence-corrected chi connectivity index (χ3v) is 5.01. The summed E-state index contributed by atoms with van der Waals surface area (Å²) < 4.78 is 10.9. The molecule has 0 bridgehead atoms. The SMILES string of the molecule is Cc1cc(OCc2cc(C(=O)N3CCC[C@H]3C(N)=O)no2)cc(C)c1Cl. The Hall–Kier alpha value is -2.54. The Morgan fingerprint density at radius 3 is 2.69 bits per heavy atom. The highest BCUT2D eigenvalue weighted by Crippen LogP contribution is 2.26. The molecule has 2 amide bonds. The Kier molecular flexibility index (Phi) is 5.18. The van der Waals surface area contributed by atoms with Crippen molar-refractivity contribution in [2.24, 2.45) is 5.73 Å². The van der Waals surface area contributed by atoms with Crippen LogP contribution in [0, 0.1) is 13.8 Å².